The molecule has 12 heteroatoms. The number of nitrogens with one attached hydrogen (secondary N) is 1. The Morgan fingerprint density at radius 3 is 2.45 bits per heavy atom. The van der Waals surface area contributed by atoms with Crippen LogP contribution in [0.1, 0.15) is 58.8 Å². The van der Waals surface area contributed by atoms with Gasteiger partial charge in [0.2, 0.25) is 11.7 Å². The Balaban J connectivity index is 1.49. The first kappa shape index (κ1) is 24.9. The molecular weight excluding hydrogens is 457 g/mol. The van der Waals surface area contributed by atoms with Crippen molar-refractivity contribution in [2.45, 2.75) is 58.7 Å². The van der Waals surface area contributed by atoms with Crippen molar-refractivity contribution >= 4 is 29.0 Å². The van der Waals surface area contributed by atoms with Crippen LogP contribution in [0.2, 0.25) is 0 Å². The lowest BCUT2D eigenvalue weighted by atomic mass is 9.90. The molecule has 3 heterocycles. The molecule has 8 nitrogen and oxygen atoms in total. The third kappa shape index (κ3) is 6.18. The van der Waals surface area contributed by atoms with Crippen molar-refractivity contribution in [3.05, 3.63) is 33.2 Å². The van der Waals surface area contributed by atoms with Crippen LogP contribution in [0, 0.1) is 19.8 Å². The number of thiazole rings is 1. The van der Waals surface area contributed by atoms with E-state index in [0.29, 0.717) is 36.7 Å². The van der Waals surface area contributed by atoms with Gasteiger partial charge in [0.1, 0.15) is 17.6 Å². The Hall–Kier alpha value is -2.76. The molecule has 1 saturated heterocycles. The molecule has 0 saturated carbocycles. The summed E-state index contributed by atoms with van der Waals surface area (Å²) < 4.78 is 38.5. The molecule has 0 aromatic carbocycles. The van der Waals surface area contributed by atoms with E-state index in [-0.39, 0.29) is 23.3 Å². The quantitative estimate of drug-likeness (QED) is 0.651. The maximum atomic E-state index is 12.8. The second kappa shape index (κ2) is 10.0. The zero-order chi connectivity index (χ0) is 24.3. The molecule has 1 aliphatic rings. The fraction of sp³-hybridized carbons (Fsp3) is 0.571. The Labute approximate surface area is 193 Å². The summed E-state index contributed by atoms with van der Waals surface area (Å²) in [6.45, 7) is 6.07. The van der Waals surface area contributed by atoms with Gasteiger partial charge < -0.3 is 16.0 Å². The number of piperidine rings is 1. The van der Waals surface area contributed by atoms with Gasteiger partial charge in [-0.25, -0.2) is 15.0 Å². The van der Waals surface area contributed by atoms with Gasteiger partial charge in [0.05, 0.1) is 5.01 Å². The van der Waals surface area contributed by atoms with E-state index in [1.165, 1.54) is 18.3 Å². The first-order valence-electron chi connectivity index (χ1n) is 10.7. The summed E-state index contributed by atoms with van der Waals surface area (Å²) in [6, 6.07) is -0.664. The topological polar surface area (TPSA) is 114 Å². The van der Waals surface area contributed by atoms with Crippen LogP contribution in [-0.4, -0.2) is 50.8 Å². The highest BCUT2D eigenvalue weighted by atomic mass is 32.1. The number of rotatable bonds is 6. The molecule has 0 spiro atoms. The average Bonchev–Trinajstić information content (AvgIpc) is 3.18. The van der Waals surface area contributed by atoms with Gasteiger partial charge in [-0.2, -0.15) is 13.2 Å². The van der Waals surface area contributed by atoms with Gasteiger partial charge in [-0.15, -0.1) is 11.3 Å². The van der Waals surface area contributed by atoms with Crippen molar-refractivity contribution < 1.29 is 22.8 Å². The highest BCUT2D eigenvalue weighted by molar-refractivity contribution is 7.09. The number of aryl methyl sites for hydroxylation is 2. The van der Waals surface area contributed by atoms with Gasteiger partial charge in [0.15, 0.2) is 0 Å². The number of nitrogens with two attached hydrogens (primary N) is 1. The Morgan fingerprint density at radius 1 is 1.24 bits per heavy atom. The maximum Gasteiger partial charge on any atom is 0.451 e. The molecule has 33 heavy (non-hydrogen) atoms. The van der Waals surface area contributed by atoms with Crippen molar-refractivity contribution in [3.63, 3.8) is 0 Å². The molecule has 1 fully saturated rings. The van der Waals surface area contributed by atoms with E-state index in [2.05, 4.69) is 20.3 Å². The standard InChI is InChI=1S/C21H27F3N6O2S/c1-11-15(17(25)29-20(27-11)21(22,23)24)5-4-14-6-8-30(9-7-14)19(32)12(2)26-18(31)16-10-33-13(3)28-16/h10,12,14H,4-9H2,1-3H3,(H,26,31)(H2,25,27,29)/t12-/m0/s1. The highest BCUT2D eigenvalue weighted by Crippen LogP contribution is 2.30. The number of carbonyl (C=O) groups is 2. The minimum absolute atomic E-state index is 0.137. The predicted octanol–water partition coefficient (Wildman–Crippen LogP) is 3.14. The molecular formula is C21H27F3N6O2S. The number of hydrogen-bond acceptors (Lipinski definition) is 7. The number of aromatic nitrogens is 3. The van der Waals surface area contributed by atoms with Gasteiger partial charge in [-0.1, -0.05) is 0 Å². The Bertz CT molecular complexity index is 995. The van der Waals surface area contributed by atoms with Gasteiger partial charge in [0, 0.05) is 29.7 Å². The van der Waals surface area contributed by atoms with E-state index >= 15 is 0 Å². The smallest absolute Gasteiger partial charge is 0.383 e. The van der Waals surface area contributed by atoms with E-state index < -0.39 is 18.0 Å². The molecule has 1 aliphatic heterocycles. The first-order valence-corrected chi connectivity index (χ1v) is 11.6. The zero-order valence-corrected chi connectivity index (χ0v) is 19.5. The van der Waals surface area contributed by atoms with Crippen LogP contribution >= 0.6 is 11.3 Å². The van der Waals surface area contributed by atoms with E-state index in [0.717, 1.165) is 24.3 Å². The van der Waals surface area contributed by atoms with Gasteiger partial charge in [-0.05, 0) is 52.4 Å². The number of nitrogen functional groups attached to an aromatic ring is 1. The fourth-order valence-corrected chi connectivity index (χ4v) is 4.51. The normalized spacial score (nSPS) is 16.0. The maximum absolute atomic E-state index is 12.8. The SMILES string of the molecule is Cc1nc(C(=O)N[C@@H](C)C(=O)N2CCC(CCc3c(C)nc(C(F)(F)F)nc3N)CC2)cs1. The number of nitrogens with zero attached hydrogens (tertiary/aromatic N) is 4. The first-order chi connectivity index (χ1) is 15.5. The van der Waals surface area contributed by atoms with E-state index in [1.807, 2.05) is 0 Å². The van der Waals surface area contributed by atoms with Gasteiger partial charge >= 0.3 is 6.18 Å². The summed E-state index contributed by atoms with van der Waals surface area (Å²) in [5.74, 6) is -1.58. The van der Waals surface area contributed by atoms with Crippen LogP contribution in [0.3, 0.4) is 0 Å². The fourth-order valence-electron chi connectivity index (χ4n) is 3.92. The molecule has 0 bridgehead atoms. The molecule has 0 unspecified atom stereocenters. The molecule has 2 aromatic heterocycles. The van der Waals surface area contributed by atoms with Crippen LogP contribution < -0.4 is 11.1 Å². The Kier molecular flexibility index (Phi) is 7.55. The third-order valence-electron chi connectivity index (χ3n) is 5.80. The lowest BCUT2D eigenvalue weighted by Crippen LogP contribution is -2.49. The van der Waals surface area contributed by atoms with Crippen molar-refractivity contribution in [3.8, 4) is 0 Å². The second-order valence-corrected chi connectivity index (χ2v) is 9.31. The number of halogens is 3. The van der Waals surface area contributed by atoms with E-state index in [4.69, 9.17) is 5.73 Å². The number of anilines is 1. The van der Waals surface area contributed by atoms with Crippen LogP contribution in [0.25, 0.3) is 0 Å². The zero-order valence-electron chi connectivity index (χ0n) is 18.7. The van der Waals surface area contributed by atoms with Gasteiger partial charge in [0.25, 0.3) is 5.91 Å². The monoisotopic (exact) mass is 484 g/mol. The average molecular weight is 485 g/mol. The lowest BCUT2D eigenvalue weighted by Gasteiger charge is -2.33. The molecule has 2 amide bonds. The number of alkyl halides is 3. The Morgan fingerprint density at radius 2 is 1.91 bits per heavy atom. The molecule has 1 atom stereocenters. The number of hydrogen-bond donors (Lipinski definition) is 2. The van der Waals surface area contributed by atoms with Crippen LogP contribution in [-0.2, 0) is 17.4 Å². The van der Waals surface area contributed by atoms with Crippen LogP contribution in [0.15, 0.2) is 5.38 Å². The van der Waals surface area contributed by atoms with E-state index in [1.54, 1.807) is 24.1 Å². The number of likely N-dealkylation sites (tertiary alicyclic amines) is 1. The molecule has 0 radical (unpaired) electrons. The van der Waals surface area contributed by atoms with Crippen molar-refractivity contribution in [2.75, 3.05) is 18.8 Å². The minimum atomic E-state index is -4.63. The summed E-state index contributed by atoms with van der Waals surface area (Å²) in [7, 11) is 0. The minimum Gasteiger partial charge on any atom is -0.383 e. The lowest BCUT2D eigenvalue weighted by molar-refractivity contribution is -0.145. The highest BCUT2D eigenvalue weighted by Gasteiger charge is 2.36. The third-order valence-corrected chi connectivity index (χ3v) is 6.57. The molecule has 2 aromatic rings. The second-order valence-electron chi connectivity index (χ2n) is 8.25. The summed E-state index contributed by atoms with van der Waals surface area (Å²) >= 11 is 1.37. The summed E-state index contributed by atoms with van der Waals surface area (Å²) in [5, 5.41) is 5.13. The summed E-state index contributed by atoms with van der Waals surface area (Å²) in [6.07, 6.45) is -1.91. The summed E-state index contributed by atoms with van der Waals surface area (Å²) in [5.41, 5.74) is 6.85. The molecule has 3 N–H and O–H groups in total. The van der Waals surface area contributed by atoms with Crippen LogP contribution in [0.4, 0.5) is 19.0 Å². The largest absolute Gasteiger partial charge is 0.451 e. The molecule has 0 aliphatic carbocycles. The van der Waals surface area contributed by atoms with Crippen molar-refractivity contribution in [2.24, 2.45) is 5.92 Å². The van der Waals surface area contributed by atoms with Crippen molar-refractivity contribution in [1.82, 2.24) is 25.2 Å². The van der Waals surface area contributed by atoms with Gasteiger partial charge in [-0.3, -0.25) is 9.59 Å². The number of carbonyl (C=O) groups excluding carboxylic acids is 2. The van der Waals surface area contributed by atoms with E-state index in [9.17, 15) is 22.8 Å². The molecule has 3 rings (SSSR count). The van der Waals surface area contributed by atoms with Crippen molar-refractivity contribution in [1.29, 1.82) is 0 Å². The summed E-state index contributed by atoms with van der Waals surface area (Å²) in [4.78, 5) is 37.8. The number of amides is 2. The van der Waals surface area contributed by atoms with Crippen LogP contribution in [0.5, 0.6) is 0 Å². The molecule has 180 valence electrons. The predicted molar refractivity (Wildman–Crippen MR) is 118 cm³/mol.